The molecule has 0 saturated heterocycles. The largest absolute Gasteiger partial charge is 0.370 e. The van der Waals surface area contributed by atoms with Gasteiger partial charge >= 0.3 is 0 Å². The van der Waals surface area contributed by atoms with Crippen LogP contribution in [-0.2, 0) is 13.1 Å². The molecule has 0 aliphatic heterocycles. The standard InChI is InChI=1S/C16H18BrClN2S/c1-20(9-11-7-16(17)21-10-11)15-4-2-3-14(18)13(15)8-19-12-5-6-12/h2-4,7,10,12,19H,5-6,8-9H2,1H3. The number of nitrogens with one attached hydrogen (secondary N) is 1. The zero-order valence-electron chi connectivity index (χ0n) is 11.9. The van der Waals surface area contributed by atoms with Crippen molar-refractivity contribution >= 4 is 44.6 Å². The Morgan fingerprint density at radius 1 is 1.43 bits per heavy atom. The molecule has 0 unspecified atom stereocenters. The van der Waals surface area contributed by atoms with Crippen LogP contribution in [0.4, 0.5) is 5.69 Å². The van der Waals surface area contributed by atoms with Crippen molar-refractivity contribution in [2.45, 2.75) is 32.0 Å². The smallest absolute Gasteiger partial charge is 0.0701 e. The molecular weight excluding hydrogens is 368 g/mol. The van der Waals surface area contributed by atoms with Gasteiger partial charge in [0.2, 0.25) is 0 Å². The fourth-order valence-electron chi connectivity index (χ4n) is 2.40. The molecule has 0 atom stereocenters. The number of nitrogens with zero attached hydrogens (tertiary/aromatic N) is 1. The average Bonchev–Trinajstić information content (AvgIpc) is 3.19. The number of hydrogen-bond acceptors (Lipinski definition) is 3. The molecule has 1 N–H and O–H groups in total. The van der Waals surface area contributed by atoms with Crippen molar-refractivity contribution < 1.29 is 0 Å². The molecule has 0 spiro atoms. The van der Waals surface area contributed by atoms with E-state index in [0.29, 0.717) is 6.04 Å². The number of halogens is 2. The van der Waals surface area contributed by atoms with Crippen LogP contribution in [0.25, 0.3) is 0 Å². The lowest BCUT2D eigenvalue weighted by molar-refractivity contribution is 0.685. The summed E-state index contributed by atoms with van der Waals surface area (Å²) in [4.78, 5) is 2.27. The summed E-state index contributed by atoms with van der Waals surface area (Å²) in [5, 5.41) is 6.59. The van der Waals surface area contributed by atoms with Crippen molar-refractivity contribution in [2.24, 2.45) is 0 Å². The zero-order valence-corrected chi connectivity index (χ0v) is 15.1. The quantitative estimate of drug-likeness (QED) is 0.748. The highest BCUT2D eigenvalue weighted by Crippen LogP contribution is 2.30. The number of hydrogen-bond donors (Lipinski definition) is 1. The second-order valence-corrected chi connectivity index (χ2v) is 8.21. The second kappa shape index (κ2) is 6.69. The molecule has 0 bridgehead atoms. The van der Waals surface area contributed by atoms with E-state index in [4.69, 9.17) is 11.6 Å². The molecule has 2 aromatic rings. The number of rotatable bonds is 6. The van der Waals surface area contributed by atoms with Crippen LogP contribution >= 0.6 is 38.9 Å². The first-order valence-corrected chi connectivity index (χ1v) is 9.13. The SMILES string of the molecule is CN(Cc1csc(Br)c1)c1cccc(Cl)c1CNC1CC1. The number of thiophene rings is 1. The topological polar surface area (TPSA) is 15.3 Å². The molecule has 5 heteroatoms. The molecule has 1 aromatic heterocycles. The highest BCUT2D eigenvalue weighted by atomic mass is 79.9. The Bertz CT molecular complexity index is 624. The predicted octanol–water partition coefficient (Wildman–Crippen LogP) is 5.05. The van der Waals surface area contributed by atoms with Crippen LogP contribution in [0.1, 0.15) is 24.0 Å². The van der Waals surface area contributed by atoms with E-state index in [1.54, 1.807) is 11.3 Å². The zero-order chi connectivity index (χ0) is 14.8. The van der Waals surface area contributed by atoms with Gasteiger partial charge in [-0.3, -0.25) is 0 Å². The lowest BCUT2D eigenvalue weighted by Gasteiger charge is -2.23. The second-order valence-electron chi connectivity index (χ2n) is 5.51. The maximum absolute atomic E-state index is 6.41. The Hall–Kier alpha value is -0.550. The third-order valence-electron chi connectivity index (χ3n) is 3.69. The molecule has 1 fully saturated rings. The van der Waals surface area contributed by atoms with E-state index in [-0.39, 0.29) is 0 Å². The van der Waals surface area contributed by atoms with Gasteiger partial charge in [0.05, 0.1) is 3.79 Å². The first kappa shape index (κ1) is 15.3. The normalized spacial score (nSPS) is 14.4. The van der Waals surface area contributed by atoms with E-state index in [0.717, 1.165) is 18.1 Å². The minimum absolute atomic E-state index is 0.687. The Morgan fingerprint density at radius 2 is 2.24 bits per heavy atom. The molecule has 2 nitrogen and oxygen atoms in total. The summed E-state index contributed by atoms with van der Waals surface area (Å²) in [5.41, 5.74) is 3.72. The van der Waals surface area contributed by atoms with Gasteiger partial charge in [-0.2, -0.15) is 0 Å². The van der Waals surface area contributed by atoms with E-state index >= 15 is 0 Å². The molecule has 1 saturated carbocycles. The van der Waals surface area contributed by atoms with Gasteiger partial charge in [-0.15, -0.1) is 11.3 Å². The van der Waals surface area contributed by atoms with Gasteiger partial charge in [0.25, 0.3) is 0 Å². The fourth-order valence-corrected chi connectivity index (χ4v) is 3.84. The average molecular weight is 386 g/mol. The minimum atomic E-state index is 0.687. The molecule has 1 aliphatic rings. The van der Waals surface area contributed by atoms with Gasteiger partial charge in [-0.05, 0) is 57.9 Å². The number of anilines is 1. The summed E-state index contributed by atoms with van der Waals surface area (Å²) in [6.45, 7) is 1.73. The summed E-state index contributed by atoms with van der Waals surface area (Å²) in [5.74, 6) is 0. The van der Waals surface area contributed by atoms with Crippen LogP contribution in [-0.4, -0.2) is 13.1 Å². The van der Waals surface area contributed by atoms with Crippen LogP contribution in [0.2, 0.25) is 5.02 Å². The molecular formula is C16H18BrClN2S. The highest BCUT2D eigenvalue weighted by Gasteiger charge is 2.21. The van der Waals surface area contributed by atoms with E-state index in [9.17, 15) is 0 Å². The van der Waals surface area contributed by atoms with E-state index in [1.807, 2.05) is 12.1 Å². The minimum Gasteiger partial charge on any atom is -0.370 e. The Kier molecular flexibility index (Phi) is 4.89. The monoisotopic (exact) mass is 384 g/mol. The maximum Gasteiger partial charge on any atom is 0.0701 e. The summed E-state index contributed by atoms with van der Waals surface area (Å²) in [6.07, 6.45) is 2.58. The molecule has 112 valence electrons. The van der Waals surface area contributed by atoms with Crippen LogP contribution < -0.4 is 10.2 Å². The molecule has 3 rings (SSSR count). The summed E-state index contributed by atoms with van der Waals surface area (Å²) >= 11 is 11.7. The van der Waals surface area contributed by atoms with Crippen molar-refractivity contribution in [3.63, 3.8) is 0 Å². The van der Waals surface area contributed by atoms with E-state index in [1.165, 1.54) is 33.4 Å². The summed E-state index contributed by atoms with van der Waals surface area (Å²) < 4.78 is 1.17. The van der Waals surface area contributed by atoms with Crippen LogP contribution in [0.5, 0.6) is 0 Å². The maximum atomic E-state index is 6.41. The van der Waals surface area contributed by atoms with Crippen molar-refractivity contribution in [3.8, 4) is 0 Å². The Labute approximate surface area is 143 Å². The predicted molar refractivity (Wildman–Crippen MR) is 95.4 cm³/mol. The molecule has 21 heavy (non-hydrogen) atoms. The van der Waals surface area contributed by atoms with Crippen molar-refractivity contribution in [2.75, 3.05) is 11.9 Å². The van der Waals surface area contributed by atoms with E-state index in [2.05, 4.69) is 50.7 Å². The van der Waals surface area contributed by atoms with Crippen molar-refractivity contribution in [1.82, 2.24) is 5.32 Å². The van der Waals surface area contributed by atoms with Gasteiger partial charge in [0.1, 0.15) is 0 Å². The fraction of sp³-hybridized carbons (Fsp3) is 0.375. The van der Waals surface area contributed by atoms with E-state index < -0.39 is 0 Å². The van der Waals surface area contributed by atoms with Gasteiger partial charge < -0.3 is 10.2 Å². The third-order valence-corrected chi connectivity index (χ3v) is 5.60. The van der Waals surface area contributed by atoms with Crippen molar-refractivity contribution in [1.29, 1.82) is 0 Å². The van der Waals surface area contributed by atoms with Gasteiger partial charge in [-0.25, -0.2) is 0 Å². The summed E-state index contributed by atoms with van der Waals surface area (Å²) in [6, 6.07) is 9.01. The third kappa shape index (κ3) is 4.01. The van der Waals surface area contributed by atoms with Crippen LogP contribution in [0, 0.1) is 0 Å². The number of benzene rings is 1. The molecule has 1 aliphatic carbocycles. The lowest BCUT2D eigenvalue weighted by atomic mass is 10.1. The van der Waals surface area contributed by atoms with Gasteiger partial charge in [-0.1, -0.05) is 17.7 Å². The lowest BCUT2D eigenvalue weighted by Crippen LogP contribution is -2.21. The van der Waals surface area contributed by atoms with Gasteiger partial charge in [0.15, 0.2) is 0 Å². The molecule has 0 amide bonds. The highest BCUT2D eigenvalue weighted by molar-refractivity contribution is 9.11. The molecule has 1 heterocycles. The first-order valence-electron chi connectivity index (χ1n) is 7.08. The Morgan fingerprint density at radius 3 is 2.90 bits per heavy atom. The van der Waals surface area contributed by atoms with Gasteiger partial charge in [0, 0.05) is 42.5 Å². The van der Waals surface area contributed by atoms with Crippen LogP contribution in [0.3, 0.4) is 0 Å². The van der Waals surface area contributed by atoms with Crippen LogP contribution in [0.15, 0.2) is 33.4 Å². The molecule has 1 aromatic carbocycles. The first-order chi connectivity index (χ1) is 10.1. The Balaban J connectivity index is 1.77. The van der Waals surface area contributed by atoms with Crippen molar-refractivity contribution in [3.05, 3.63) is 49.6 Å². The molecule has 0 radical (unpaired) electrons. The summed E-state index contributed by atoms with van der Waals surface area (Å²) in [7, 11) is 2.12.